The van der Waals surface area contributed by atoms with E-state index >= 15 is 0 Å². The summed E-state index contributed by atoms with van der Waals surface area (Å²) in [7, 11) is 1.50. The number of nitrogens with zero attached hydrogens (tertiary/aromatic N) is 1. The van der Waals surface area contributed by atoms with Crippen molar-refractivity contribution in [3.63, 3.8) is 0 Å². The number of alkyl halides is 3. The Labute approximate surface area is 118 Å². The summed E-state index contributed by atoms with van der Waals surface area (Å²) < 4.78 is 51.8. The molecule has 0 bridgehead atoms. The van der Waals surface area contributed by atoms with E-state index in [9.17, 15) is 22.4 Å². The molecular formula is C13H13F4NOS. The summed E-state index contributed by atoms with van der Waals surface area (Å²) in [5.74, 6) is -0.584. The maximum atomic E-state index is 13.9. The highest BCUT2D eigenvalue weighted by atomic mass is 32.2. The van der Waals surface area contributed by atoms with Crippen molar-refractivity contribution in [1.82, 2.24) is 4.90 Å². The van der Waals surface area contributed by atoms with Crippen LogP contribution in [0, 0.1) is 5.82 Å². The van der Waals surface area contributed by atoms with E-state index in [0.29, 0.717) is 6.07 Å². The lowest BCUT2D eigenvalue weighted by molar-refractivity contribution is -0.140. The quantitative estimate of drug-likeness (QED) is 0.780. The number of hydrogen-bond acceptors (Lipinski definition) is 2. The fraction of sp³-hybridized carbons (Fsp3) is 0.462. The molecule has 0 saturated carbocycles. The summed E-state index contributed by atoms with van der Waals surface area (Å²) >= 11 is 1.67. The zero-order chi connectivity index (χ0) is 14.9. The van der Waals surface area contributed by atoms with Crippen molar-refractivity contribution in [3.8, 4) is 0 Å². The Morgan fingerprint density at radius 1 is 1.40 bits per heavy atom. The Bertz CT molecular complexity index is 512. The van der Waals surface area contributed by atoms with Gasteiger partial charge in [0.15, 0.2) is 0 Å². The minimum absolute atomic E-state index is 0.0542. The molecule has 0 aromatic heterocycles. The molecule has 0 N–H and O–H groups in total. The number of hydrogen-bond donors (Lipinski definition) is 0. The number of carbonyl (C=O) groups excluding carboxylic acids is 1. The van der Waals surface area contributed by atoms with E-state index < -0.39 is 29.0 Å². The van der Waals surface area contributed by atoms with Crippen molar-refractivity contribution in [2.75, 3.05) is 18.6 Å². The van der Waals surface area contributed by atoms with Crippen LogP contribution in [0.3, 0.4) is 0 Å². The molecule has 1 aliphatic rings. The second kappa shape index (κ2) is 5.63. The van der Waals surface area contributed by atoms with Crippen LogP contribution in [0.2, 0.25) is 0 Å². The fourth-order valence-electron chi connectivity index (χ4n) is 2.10. The van der Waals surface area contributed by atoms with Crippen molar-refractivity contribution in [2.24, 2.45) is 0 Å². The van der Waals surface area contributed by atoms with Crippen LogP contribution in [0.15, 0.2) is 18.2 Å². The predicted molar refractivity (Wildman–Crippen MR) is 69.2 cm³/mol. The first-order chi connectivity index (χ1) is 9.32. The average molecular weight is 307 g/mol. The molecule has 0 aliphatic carbocycles. The SMILES string of the molecule is CN(C(=O)c1cccc(C(F)(F)F)c1F)C1CCSC1. The second-order valence-electron chi connectivity index (χ2n) is 4.60. The van der Waals surface area contributed by atoms with Crippen molar-refractivity contribution in [2.45, 2.75) is 18.6 Å². The molecule has 2 rings (SSSR count). The Morgan fingerprint density at radius 3 is 2.65 bits per heavy atom. The number of carbonyl (C=O) groups is 1. The normalized spacial score (nSPS) is 19.1. The Balaban J connectivity index is 2.30. The molecule has 110 valence electrons. The van der Waals surface area contributed by atoms with Crippen LogP contribution in [0.5, 0.6) is 0 Å². The summed E-state index contributed by atoms with van der Waals surface area (Å²) in [5.41, 5.74) is -1.93. The topological polar surface area (TPSA) is 20.3 Å². The third-order valence-corrected chi connectivity index (χ3v) is 4.45. The van der Waals surface area contributed by atoms with Crippen LogP contribution in [0.1, 0.15) is 22.3 Å². The van der Waals surface area contributed by atoms with E-state index in [4.69, 9.17) is 0 Å². The third kappa shape index (κ3) is 2.92. The fourth-order valence-corrected chi connectivity index (χ4v) is 3.37. The van der Waals surface area contributed by atoms with Gasteiger partial charge in [-0.2, -0.15) is 24.9 Å². The van der Waals surface area contributed by atoms with Gasteiger partial charge < -0.3 is 4.90 Å². The van der Waals surface area contributed by atoms with E-state index in [1.807, 2.05) is 0 Å². The van der Waals surface area contributed by atoms with Gasteiger partial charge in [-0.3, -0.25) is 4.79 Å². The average Bonchev–Trinajstić information content (AvgIpc) is 2.89. The standard InChI is InChI=1S/C13H13F4NOS/c1-18(8-5-6-20-7-8)12(19)9-3-2-4-10(11(9)14)13(15,16)17/h2-4,8H,5-7H2,1H3. The number of rotatable bonds is 2. The van der Waals surface area contributed by atoms with Crippen LogP contribution in [-0.4, -0.2) is 35.4 Å². The van der Waals surface area contributed by atoms with Crippen LogP contribution < -0.4 is 0 Å². The molecule has 1 saturated heterocycles. The summed E-state index contributed by atoms with van der Waals surface area (Å²) in [4.78, 5) is 13.5. The van der Waals surface area contributed by atoms with Crippen molar-refractivity contribution in [1.29, 1.82) is 0 Å². The number of benzene rings is 1. The molecule has 1 aliphatic heterocycles. The number of halogens is 4. The van der Waals surface area contributed by atoms with Gasteiger partial charge in [-0.1, -0.05) is 6.07 Å². The van der Waals surface area contributed by atoms with Gasteiger partial charge in [-0.25, -0.2) is 4.39 Å². The van der Waals surface area contributed by atoms with Gasteiger partial charge in [-0.05, 0) is 24.3 Å². The first kappa shape index (κ1) is 15.2. The molecule has 1 amide bonds. The number of amides is 1. The van der Waals surface area contributed by atoms with E-state index in [1.54, 1.807) is 11.8 Å². The van der Waals surface area contributed by atoms with E-state index in [1.165, 1.54) is 11.9 Å². The highest BCUT2D eigenvalue weighted by Gasteiger charge is 2.36. The molecule has 1 fully saturated rings. The molecule has 0 radical (unpaired) electrons. The van der Waals surface area contributed by atoms with Gasteiger partial charge in [-0.15, -0.1) is 0 Å². The summed E-state index contributed by atoms with van der Waals surface area (Å²) in [6, 6.07) is 2.72. The number of thioether (sulfide) groups is 1. The lowest BCUT2D eigenvalue weighted by atomic mass is 10.1. The zero-order valence-electron chi connectivity index (χ0n) is 10.7. The lowest BCUT2D eigenvalue weighted by Crippen LogP contribution is -2.37. The molecule has 2 nitrogen and oxygen atoms in total. The molecule has 1 heterocycles. The molecule has 1 unspecified atom stereocenters. The molecule has 7 heteroatoms. The Hall–Kier alpha value is -1.24. The van der Waals surface area contributed by atoms with Crippen LogP contribution in [0.25, 0.3) is 0 Å². The molecule has 1 aromatic carbocycles. The molecule has 1 aromatic rings. The Kier molecular flexibility index (Phi) is 4.27. The van der Waals surface area contributed by atoms with Gasteiger partial charge in [0.25, 0.3) is 5.91 Å². The largest absolute Gasteiger partial charge is 0.419 e. The summed E-state index contributed by atoms with van der Waals surface area (Å²) in [6.45, 7) is 0. The molecular weight excluding hydrogens is 294 g/mol. The van der Waals surface area contributed by atoms with Crippen LogP contribution in [0.4, 0.5) is 17.6 Å². The monoisotopic (exact) mass is 307 g/mol. The van der Waals surface area contributed by atoms with Gasteiger partial charge in [0.05, 0.1) is 11.1 Å². The highest BCUT2D eigenvalue weighted by Crippen LogP contribution is 2.33. The maximum absolute atomic E-state index is 13.9. The van der Waals surface area contributed by atoms with E-state index in [-0.39, 0.29) is 6.04 Å². The maximum Gasteiger partial charge on any atom is 0.419 e. The van der Waals surface area contributed by atoms with Crippen LogP contribution in [-0.2, 0) is 6.18 Å². The van der Waals surface area contributed by atoms with Crippen molar-refractivity contribution in [3.05, 3.63) is 35.1 Å². The first-order valence-electron chi connectivity index (χ1n) is 6.03. The van der Waals surface area contributed by atoms with Gasteiger partial charge in [0.2, 0.25) is 0 Å². The lowest BCUT2D eigenvalue weighted by Gasteiger charge is -2.24. The van der Waals surface area contributed by atoms with Gasteiger partial charge in [0, 0.05) is 18.8 Å². The van der Waals surface area contributed by atoms with E-state index in [0.717, 1.165) is 30.1 Å². The third-order valence-electron chi connectivity index (χ3n) is 3.31. The van der Waals surface area contributed by atoms with Crippen molar-refractivity contribution < 1.29 is 22.4 Å². The van der Waals surface area contributed by atoms with E-state index in [2.05, 4.69) is 0 Å². The molecule has 1 atom stereocenters. The second-order valence-corrected chi connectivity index (χ2v) is 5.75. The predicted octanol–water partition coefficient (Wildman–Crippen LogP) is 3.42. The zero-order valence-corrected chi connectivity index (χ0v) is 11.5. The Morgan fingerprint density at radius 2 is 2.10 bits per heavy atom. The summed E-state index contributed by atoms with van der Waals surface area (Å²) in [6.07, 6.45) is -4.03. The van der Waals surface area contributed by atoms with Crippen molar-refractivity contribution >= 4 is 17.7 Å². The minimum Gasteiger partial charge on any atom is -0.338 e. The van der Waals surface area contributed by atoms with Gasteiger partial charge in [0.1, 0.15) is 5.82 Å². The molecule has 20 heavy (non-hydrogen) atoms. The first-order valence-corrected chi connectivity index (χ1v) is 7.18. The smallest absolute Gasteiger partial charge is 0.338 e. The molecule has 0 spiro atoms. The minimum atomic E-state index is -4.80. The van der Waals surface area contributed by atoms with Gasteiger partial charge >= 0.3 is 6.18 Å². The summed E-state index contributed by atoms with van der Waals surface area (Å²) in [5, 5.41) is 0. The van der Waals surface area contributed by atoms with Crippen LogP contribution >= 0.6 is 11.8 Å². The highest BCUT2D eigenvalue weighted by molar-refractivity contribution is 7.99.